The van der Waals surface area contributed by atoms with Gasteiger partial charge in [0.25, 0.3) is 0 Å². The summed E-state index contributed by atoms with van der Waals surface area (Å²) in [6, 6.07) is 4.74. The molecule has 1 aromatic carbocycles. The first-order valence-electron chi connectivity index (χ1n) is 11.1. The summed E-state index contributed by atoms with van der Waals surface area (Å²) in [5.41, 5.74) is 3.47. The van der Waals surface area contributed by atoms with Crippen LogP contribution in [-0.4, -0.2) is 25.2 Å². The number of rotatable bonds is 9. The molecule has 0 aromatic heterocycles. The molecule has 1 heterocycles. The van der Waals surface area contributed by atoms with E-state index in [9.17, 15) is 0 Å². The SMILES string of the molecule is C=C(/C=C/C)C1(c2c(C)cc(/C=C/C[C@H](C)N[C@H](C)CC)cc2F)CCNCC1. The predicted octanol–water partition coefficient (Wildman–Crippen LogP) is 6.07. The first-order valence-corrected chi connectivity index (χ1v) is 11.1. The van der Waals surface area contributed by atoms with Crippen molar-refractivity contribution in [1.29, 1.82) is 0 Å². The molecule has 0 aliphatic carbocycles. The van der Waals surface area contributed by atoms with Crippen LogP contribution in [0.5, 0.6) is 0 Å². The second-order valence-corrected chi connectivity index (χ2v) is 8.57. The van der Waals surface area contributed by atoms with Crippen LogP contribution in [-0.2, 0) is 5.41 Å². The fourth-order valence-corrected chi connectivity index (χ4v) is 4.50. The Morgan fingerprint density at radius 2 is 1.97 bits per heavy atom. The predicted molar refractivity (Wildman–Crippen MR) is 125 cm³/mol. The summed E-state index contributed by atoms with van der Waals surface area (Å²) in [6.45, 7) is 16.7. The molecular weight excluding hydrogens is 359 g/mol. The van der Waals surface area contributed by atoms with E-state index in [1.165, 1.54) is 0 Å². The van der Waals surface area contributed by atoms with Crippen LogP contribution < -0.4 is 10.6 Å². The van der Waals surface area contributed by atoms with Crippen LogP contribution in [0, 0.1) is 12.7 Å². The second-order valence-electron chi connectivity index (χ2n) is 8.57. The Labute approximate surface area is 177 Å². The summed E-state index contributed by atoms with van der Waals surface area (Å²) >= 11 is 0. The lowest BCUT2D eigenvalue weighted by Crippen LogP contribution is -2.41. The van der Waals surface area contributed by atoms with Crippen molar-refractivity contribution in [2.24, 2.45) is 0 Å². The molecule has 2 rings (SSSR count). The second kappa shape index (κ2) is 10.9. The van der Waals surface area contributed by atoms with E-state index < -0.39 is 0 Å². The monoisotopic (exact) mass is 398 g/mol. The van der Waals surface area contributed by atoms with Gasteiger partial charge in [0.2, 0.25) is 0 Å². The number of hydrogen-bond acceptors (Lipinski definition) is 2. The summed E-state index contributed by atoms with van der Waals surface area (Å²) in [5.74, 6) is -0.108. The summed E-state index contributed by atoms with van der Waals surface area (Å²) < 4.78 is 15.4. The average Bonchev–Trinajstić information content (AvgIpc) is 2.68. The lowest BCUT2D eigenvalue weighted by Gasteiger charge is -2.40. The average molecular weight is 399 g/mol. The molecule has 1 saturated heterocycles. The van der Waals surface area contributed by atoms with Crippen LogP contribution in [0.2, 0.25) is 0 Å². The van der Waals surface area contributed by atoms with E-state index in [-0.39, 0.29) is 11.2 Å². The molecule has 29 heavy (non-hydrogen) atoms. The largest absolute Gasteiger partial charge is 0.317 e. The summed E-state index contributed by atoms with van der Waals surface area (Å²) in [4.78, 5) is 0. The highest BCUT2D eigenvalue weighted by atomic mass is 19.1. The third-order valence-corrected chi connectivity index (χ3v) is 6.21. The molecule has 1 fully saturated rings. The van der Waals surface area contributed by atoms with Crippen LogP contribution in [0.3, 0.4) is 0 Å². The maximum absolute atomic E-state index is 15.4. The Bertz CT molecular complexity index is 718. The van der Waals surface area contributed by atoms with Crippen molar-refractivity contribution in [2.75, 3.05) is 13.1 Å². The van der Waals surface area contributed by atoms with Gasteiger partial charge in [0, 0.05) is 23.1 Å². The quantitative estimate of drug-likeness (QED) is 0.494. The number of benzene rings is 1. The Hall–Kier alpha value is -1.71. The number of halogens is 1. The Morgan fingerprint density at radius 1 is 1.28 bits per heavy atom. The van der Waals surface area contributed by atoms with Crippen LogP contribution in [0.1, 0.15) is 70.1 Å². The van der Waals surface area contributed by atoms with Gasteiger partial charge >= 0.3 is 0 Å². The van der Waals surface area contributed by atoms with E-state index in [0.29, 0.717) is 12.1 Å². The maximum Gasteiger partial charge on any atom is 0.128 e. The molecule has 160 valence electrons. The van der Waals surface area contributed by atoms with E-state index in [1.807, 2.05) is 32.1 Å². The van der Waals surface area contributed by atoms with Crippen molar-refractivity contribution in [3.05, 3.63) is 65.0 Å². The molecule has 1 aliphatic rings. The fraction of sp³-hybridized carbons (Fsp3) is 0.538. The minimum Gasteiger partial charge on any atom is -0.317 e. The van der Waals surface area contributed by atoms with Gasteiger partial charge in [-0.2, -0.15) is 0 Å². The Morgan fingerprint density at radius 3 is 2.55 bits per heavy atom. The van der Waals surface area contributed by atoms with Gasteiger partial charge in [0.1, 0.15) is 5.82 Å². The molecule has 1 aliphatic heterocycles. The van der Waals surface area contributed by atoms with Gasteiger partial charge in [0.05, 0.1) is 0 Å². The van der Waals surface area contributed by atoms with Gasteiger partial charge in [-0.1, -0.05) is 43.9 Å². The minimum absolute atomic E-state index is 0.108. The molecule has 2 N–H and O–H groups in total. The first kappa shape index (κ1) is 23.6. The van der Waals surface area contributed by atoms with Gasteiger partial charge in [-0.25, -0.2) is 4.39 Å². The maximum atomic E-state index is 15.4. The van der Waals surface area contributed by atoms with Crippen molar-refractivity contribution in [1.82, 2.24) is 10.6 Å². The van der Waals surface area contributed by atoms with Crippen LogP contribution >= 0.6 is 0 Å². The summed E-state index contributed by atoms with van der Waals surface area (Å²) in [7, 11) is 0. The van der Waals surface area contributed by atoms with Crippen molar-refractivity contribution >= 4 is 6.08 Å². The standard InChI is InChI=1S/C26H39FN2/c1-7-10-20(4)26(13-15-28-16-14-26)25-19(3)17-23(18-24(25)27)12-9-11-22(6)29-21(5)8-2/h7,9-10,12,17-18,21-22,28-29H,4,8,11,13-16H2,1-3,5-6H3/b10-7+,12-9+/t21-,22+/m1/s1. The third kappa shape index (κ3) is 5.90. The van der Waals surface area contributed by atoms with Gasteiger partial charge in [-0.15, -0.1) is 0 Å². The molecule has 0 bridgehead atoms. The van der Waals surface area contributed by atoms with E-state index in [0.717, 1.165) is 61.0 Å². The highest BCUT2D eigenvalue weighted by Crippen LogP contribution is 2.43. The smallest absolute Gasteiger partial charge is 0.128 e. The van der Waals surface area contributed by atoms with Gasteiger partial charge < -0.3 is 10.6 Å². The van der Waals surface area contributed by atoms with Crippen molar-refractivity contribution < 1.29 is 4.39 Å². The van der Waals surface area contributed by atoms with Gasteiger partial charge in [0.15, 0.2) is 0 Å². The third-order valence-electron chi connectivity index (χ3n) is 6.21. The van der Waals surface area contributed by atoms with Crippen LogP contribution in [0.15, 0.2) is 42.5 Å². The lowest BCUT2D eigenvalue weighted by atomic mass is 9.66. The topological polar surface area (TPSA) is 24.1 Å². The number of aryl methyl sites for hydroxylation is 1. The fourth-order valence-electron chi connectivity index (χ4n) is 4.50. The number of allylic oxidation sites excluding steroid dienone is 3. The molecule has 3 heteroatoms. The molecule has 0 spiro atoms. The zero-order valence-electron chi connectivity index (χ0n) is 18.9. The number of nitrogens with one attached hydrogen (secondary N) is 2. The Kier molecular flexibility index (Phi) is 8.85. The molecular formula is C26H39FN2. The highest BCUT2D eigenvalue weighted by molar-refractivity contribution is 5.55. The molecule has 1 aromatic rings. The highest BCUT2D eigenvalue weighted by Gasteiger charge is 2.38. The zero-order chi connectivity index (χ0) is 21.4. The number of piperidine rings is 1. The van der Waals surface area contributed by atoms with Crippen LogP contribution in [0.4, 0.5) is 4.39 Å². The molecule has 0 amide bonds. The molecule has 2 nitrogen and oxygen atoms in total. The Balaban J connectivity index is 2.25. The molecule has 0 saturated carbocycles. The zero-order valence-corrected chi connectivity index (χ0v) is 18.9. The molecule has 0 radical (unpaired) electrons. The number of hydrogen-bond donors (Lipinski definition) is 2. The van der Waals surface area contributed by atoms with Crippen molar-refractivity contribution in [2.45, 2.75) is 77.8 Å². The van der Waals surface area contributed by atoms with Gasteiger partial charge in [-0.3, -0.25) is 0 Å². The minimum atomic E-state index is -0.317. The van der Waals surface area contributed by atoms with E-state index in [2.05, 4.69) is 50.1 Å². The summed E-state index contributed by atoms with van der Waals surface area (Å²) in [6.07, 6.45) is 12.0. The normalized spacial score (nSPS) is 19.0. The molecule has 2 atom stereocenters. The summed E-state index contributed by atoms with van der Waals surface area (Å²) in [5, 5.41) is 6.98. The van der Waals surface area contributed by atoms with Crippen LogP contribution in [0.25, 0.3) is 6.08 Å². The lowest BCUT2D eigenvalue weighted by molar-refractivity contribution is 0.349. The van der Waals surface area contributed by atoms with Gasteiger partial charge in [-0.05, 0) is 89.2 Å². The molecule has 0 unspecified atom stereocenters. The van der Waals surface area contributed by atoms with E-state index in [4.69, 9.17) is 0 Å². The van der Waals surface area contributed by atoms with E-state index >= 15 is 4.39 Å². The van der Waals surface area contributed by atoms with E-state index in [1.54, 1.807) is 6.07 Å². The first-order chi connectivity index (χ1) is 13.8. The van der Waals surface area contributed by atoms with Crippen molar-refractivity contribution in [3.8, 4) is 0 Å². The van der Waals surface area contributed by atoms with Crippen molar-refractivity contribution in [3.63, 3.8) is 0 Å².